The predicted octanol–water partition coefficient (Wildman–Crippen LogP) is 7.84. The van der Waals surface area contributed by atoms with Gasteiger partial charge in [0, 0.05) is 17.1 Å². The Balaban J connectivity index is 1.54. The van der Waals surface area contributed by atoms with E-state index in [1.807, 2.05) is 12.1 Å². The molecule has 4 rings (SSSR count). The number of aliphatic hydroxyl groups is 1. The molecule has 0 bridgehead atoms. The number of nitrogens with zero attached hydrogens (tertiary/aromatic N) is 1. The van der Waals surface area contributed by atoms with Crippen molar-refractivity contribution in [1.29, 1.82) is 0 Å². The fraction of sp³-hybridized carbons (Fsp3) is 0.133. The second-order valence-electron chi connectivity index (χ2n) is 8.39. The third kappa shape index (κ3) is 5.66. The van der Waals surface area contributed by atoms with Crippen LogP contribution in [0.5, 0.6) is 17.2 Å². The van der Waals surface area contributed by atoms with E-state index in [9.17, 15) is 5.11 Å². The summed E-state index contributed by atoms with van der Waals surface area (Å²) in [5, 5.41) is 9.79. The lowest BCUT2D eigenvalue weighted by atomic mass is 10.1. The van der Waals surface area contributed by atoms with E-state index in [0.717, 1.165) is 22.8 Å². The summed E-state index contributed by atoms with van der Waals surface area (Å²) in [6.07, 6.45) is -1.02. The summed E-state index contributed by atoms with van der Waals surface area (Å²) in [5.41, 5.74) is 6.22. The maximum Gasteiger partial charge on any atom is 0.219 e. The first-order chi connectivity index (χ1) is 16.4. The molecule has 0 spiro atoms. The molecule has 4 nitrogen and oxygen atoms in total. The van der Waals surface area contributed by atoms with Gasteiger partial charge in [-0.3, -0.25) is 0 Å². The Bertz CT molecular complexity index is 1180. The largest absolute Gasteiger partial charge is 0.461 e. The first-order valence-corrected chi connectivity index (χ1v) is 11.2. The van der Waals surface area contributed by atoms with Gasteiger partial charge in [0.05, 0.1) is 0 Å². The molecular weight excluding hydrogens is 422 g/mol. The highest BCUT2D eigenvalue weighted by Gasteiger charge is 2.13. The number of aliphatic hydroxyl groups excluding tert-OH is 1. The minimum atomic E-state index is -1.02. The highest BCUT2D eigenvalue weighted by Crippen LogP contribution is 2.36. The molecule has 0 radical (unpaired) electrons. The van der Waals surface area contributed by atoms with Gasteiger partial charge in [0.25, 0.3) is 0 Å². The predicted molar refractivity (Wildman–Crippen MR) is 139 cm³/mol. The summed E-state index contributed by atoms with van der Waals surface area (Å²) in [5.74, 6) is 1.95. The average Bonchev–Trinajstić information content (AvgIpc) is 2.84. The summed E-state index contributed by atoms with van der Waals surface area (Å²) in [4.78, 5) is 2.22. The van der Waals surface area contributed by atoms with Crippen molar-refractivity contribution in [3.05, 3.63) is 120 Å². The van der Waals surface area contributed by atoms with Crippen molar-refractivity contribution < 1.29 is 14.6 Å². The molecule has 34 heavy (non-hydrogen) atoms. The van der Waals surface area contributed by atoms with Crippen LogP contribution in [0.4, 0.5) is 17.1 Å². The van der Waals surface area contributed by atoms with Gasteiger partial charge in [-0.1, -0.05) is 42.0 Å². The zero-order valence-corrected chi connectivity index (χ0v) is 19.7. The average molecular weight is 452 g/mol. The number of hydrogen-bond donors (Lipinski definition) is 1. The molecule has 1 N–H and O–H groups in total. The van der Waals surface area contributed by atoms with E-state index in [1.165, 1.54) is 11.1 Å². The lowest BCUT2D eigenvalue weighted by Crippen LogP contribution is -2.15. The van der Waals surface area contributed by atoms with Crippen LogP contribution in [-0.4, -0.2) is 11.4 Å². The Kier molecular flexibility index (Phi) is 7.00. The van der Waals surface area contributed by atoms with Gasteiger partial charge in [-0.2, -0.15) is 0 Å². The van der Waals surface area contributed by atoms with E-state index in [1.54, 1.807) is 31.2 Å². The van der Waals surface area contributed by atoms with Crippen molar-refractivity contribution in [2.45, 2.75) is 27.1 Å². The number of rotatable bonds is 8. The maximum absolute atomic E-state index is 9.79. The van der Waals surface area contributed by atoms with E-state index >= 15 is 0 Å². The molecule has 1 unspecified atom stereocenters. The molecule has 0 amide bonds. The van der Waals surface area contributed by atoms with Gasteiger partial charge in [-0.05, 0) is 99.1 Å². The lowest BCUT2D eigenvalue weighted by Gasteiger charge is -2.26. The van der Waals surface area contributed by atoms with Crippen LogP contribution < -0.4 is 14.4 Å². The van der Waals surface area contributed by atoms with E-state index in [2.05, 4.69) is 86.0 Å². The summed E-state index contributed by atoms with van der Waals surface area (Å²) < 4.78 is 11.4. The Labute approximate surface area is 201 Å². The molecule has 172 valence electrons. The van der Waals surface area contributed by atoms with Crippen molar-refractivity contribution in [2.24, 2.45) is 0 Å². The SMILES string of the molecule is C=C(C)C(O)Oc1ccc(Oc2ccc(N(c3ccc(C)cc3)c3ccc(C)cc3)cc2)cc1. The monoisotopic (exact) mass is 451 g/mol. The first kappa shape index (κ1) is 23.1. The summed E-state index contributed by atoms with van der Waals surface area (Å²) in [6.45, 7) is 9.58. The molecule has 0 heterocycles. The van der Waals surface area contributed by atoms with E-state index in [0.29, 0.717) is 17.1 Å². The van der Waals surface area contributed by atoms with Gasteiger partial charge in [0.1, 0.15) is 17.2 Å². The third-order valence-corrected chi connectivity index (χ3v) is 5.41. The Morgan fingerprint density at radius 2 is 1.00 bits per heavy atom. The van der Waals surface area contributed by atoms with Crippen molar-refractivity contribution in [3.63, 3.8) is 0 Å². The van der Waals surface area contributed by atoms with E-state index < -0.39 is 6.29 Å². The van der Waals surface area contributed by atoms with Crippen molar-refractivity contribution in [1.82, 2.24) is 0 Å². The van der Waals surface area contributed by atoms with Crippen LogP contribution in [0.15, 0.2) is 109 Å². The van der Waals surface area contributed by atoms with Gasteiger partial charge in [0.2, 0.25) is 6.29 Å². The number of aryl methyl sites for hydroxylation is 2. The van der Waals surface area contributed by atoms with Crippen LogP contribution in [0.1, 0.15) is 18.1 Å². The molecule has 0 aromatic heterocycles. The molecular formula is C30H29NO3. The van der Waals surface area contributed by atoms with Crippen molar-refractivity contribution >= 4 is 17.1 Å². The van der Waals surface area contributed by atoms with E-state index in [-0.39, 0.29) is 0 Å². The van der Waals surface area contributed by atoms with Crippen LogP contribution in [0, 0.1) is 13.8 Å². The molecule has 1 atom stereocenters. The van der Waals surface area contributed by atoms with Gasteiger partial charge >= 0.3 is 0 Å². The molecule has 4 heteroatoms. The first-order valence-electron chi connectivity index (χ1n) is 11.2. The summed E-state index contributed by atoms with van der Waals surface area (Å²) in [7, 11) is 0. The fourth-order valence-corrected chi connectivity index (χ4v) is 3.45. The van der Waals surface area contributed by atoms with Crippen molar-refractivity contribution in [3.8, 4) is 17.2 Å². The van der Waals surface area contributed by atoms with Crippen molar-refractivity contribution in [2.75, 3.05) is 4.90 Å². The Hall–Kier alpha value is -4.02. The third-order valence-electron chi connectivity index (χ3n) is 5.41. The fourth-order valence-electron chi connectivity index (χ4n) is 3.45. The molecule has 0 saturated heterocycles. The quantitative estimate of drug-likeness (QED) is 0.219. The molecule has 0 aliphatic carbocycles. The smallest absolute Gasteiger partial charge is 0.219 e. The maximum atomic E-state index is 9.79. The van der Waals surface area contributed by atoms with Gasteiger partial charge in [0.15, 0.2) is 0 Å². The zero-order valence-electron chi connectivity index (χ0n) is 19.7. The molecule has 0 fully saturated rings. The zero-order chi connectivity index (χ0) is 24.1. The highest BCUT2D eigenvalue weighted by atomic mass is 16.6. The van der Waals surface area contributed by atoms with Crippen LogP contribution in [0.25, 0.3) is 0 Å². The highest BCUT2D eigenvalue weighted by molar-refractivity contribution is 5.76. The standard InChI is InChI=1S/C30H29NO3/c1-21(2)30(32)34-29-19-17-28(18-20-29)33-27-15-13-26(14-16-27)31(24-9-5-22(3)6-10-24)25-11-7-23(4)8-12-25/h5-20,30,32H,1H2,2-4H3. The molecule has 0 saturated carbocycles. The van der Waals surface area contributed by atoms with E-state index in [4.69, 9.17) is 9.47 Å². The Morgan fingerprint density at radius 1 is 0.647 bits per heavy atom. The second kappa shape index (κ2) is 10.3. The normalized spacial score (nSPS) is 11.5. The number of hydrogen-bond acceptors (Lipinski definition) is 4. The minimum absolute atomic E-state index is 0.546. The number of benzene rings is 4. The van der Waals surface area contributed by atoms with Gasteiger partial charge < -0.3 is 19.5 Å². The molecule has 4 aromatic rings. The van der Waals surface area contributed by atoms with Crippen LogP contribution in [0.3, 0.4) is 0 Å². The summed E-state index contributed by atoms with van der Waals surface area (Å²) in [6, 6.07) is 32.2. The van der Waals surface area contributed by atoms with Gasteiger partial charge in [-0.15, -0.1) is 0 Å². The number of anilines is 3. The number of ether oxygens (including phenoxy) is 2. The molecule has 0 aliphatic heterocycles. The molecule has 0 aliphatic rings. The van der Waals surface area contributed by atoms with Crippen LogP contribution in [-0.2, 0) is 0 Å². The van der Waals surface area contributed by atoms with Crippen LogP contribution >= 0.6 is 0 Å². The molecule has 4 aromatic carbocycles. The lowest BCUT2D eigenvalue weighted by molar-refractivity contribution is 0.0151. The topological polar surface area (TPSA) is 41.9 Å². The second-order valence-corrected chi connectivity index (χ2v) is 8.39. The van der Waals surface area contributed by atoms with Crippen LogP contribution in [0.2, 0.25) is 0 Å². The van der Waals surface area contributed by atoms with Gasteiger partial charge in [-0.25, -0.2) is 0 Å². The Morgan fingerprint density at radius 3 is 1.41 bits per heavy atom. The summed E-state index contributed by atoms with van der Waals surface area (Å²) >= 11 is 0. The minimum Gasteiger partial charge on any atom is -0.461 e.